The maximum absolute atomic E-state index is 13.9. The zero-order valence-corrected chi connectivity index (χ0v) is 12.6. The van der Waals surface area contributed by atoms with Crippen LogP contribution in [0.1, 0.15) is 36.6 Å². The summed E-state index contributed by atoms with van der Waals surface area (Å²) in [4.78, 5) is 12.1. The molecule has 0 aliphatic carbocycles. The van der Waals surface area contributed by atoms with Crippen LogP contribution in [0.5, 0.6) is 0 Å². The minimum Gasteiger partial charge on any atom is -0.388 e. The fourth-order valence-corrected chi connectivity index (χ4v) is 2.86. The van der Waals surface area contributed by atoms with E-state index in [0.29, 0.717) is 23.2 Å². The molecule has 1 heterocycles. The second-order valence-corrected chi connectivity index (χ2v) is 6.20. The highest BCUT2D eigenvalue weighted by Crippen LogP contribution is 2.42. The molecule has 22 heavy (non-hydrogen) atoms. The maximum atomic E-state index is 13.9. The highest BCUT2D eigenvalue weighted by atomic mass is 19.1. The van der Waals surface area contributed by atoms with Crippen molar-refractivity contribution in [2.75, 3.05) is 5.32 Å². The van der Waals surface area contributed by atoms with E-state index < -0.39 is 17.3 Å². The molecular weight excluding hydrogens is 281 g/mol. The molecule has 1 unspecified atom stereocenters. The molecule has 2 aromatic carbocycles. The number of aliphatic hydroxyl groups excluding tert-OH is 1. The van der Waals surface area contributed by atoms with Crippen LogP contribution in [0.3, 0.4) is 0 Å². The number of amides is 1. The lowest BCUT2D eigenvalue weighted by Gasteiger charge is -2.18. The fourth-order valence-electron chi connectivity index (χ4n) is 2.86. The molecule has 0 radical (unpaired) electrons. The van der Waals surface area contributed by atoms with Crippen LogP contribution in [-0.4, -0.2) is 11.0 Å². The Morgan fingerprint density at radius 3 is 2.59 bits per heavy atom. The topological polar surface area (TPSA) is 49.3 Å². The molecule has 1 amide bonds. The second-order valence-electron chi connectivity index (χ2n) is 6.20. The number of hydrogen-bond donors (Lipinski definition) is 2. The number of benzene rings is 2. The Morgan fingerprint density at radius 1 is 1.23 bits per heavy atom. The molecule has 2 aromatic rings. The molecule has 0 saturated carbocycles. The van der Waals surface area contributed by atoms with Gasteiger partial charge < -0.3 is 10.4 Å². The van der Waals surface area contributed by atoms with Gasteiger partial charge >= 0.3 is 0 Å². The van der Waals surface area contributed by atoms with Crippen LogP contribution in [0.15, 0.2) is 42.5 Å². The van der Waals surface area contributed by atoms with Crippen molar-refractivity contribution in [3.8, 4) is 0 Å². The van der Waals surface area contributed by atoms with Gasteiger partial charge in [-0.25, -0.2) is 4.39 Å². The number of aliphatic hydroxyl groups is 1. The van der Waals surface area contributed by atoms with E-state index in [-0.39, 0.29) is 5.91 Å². The highest BCUT2D eigenvalue weighted by Gasteiger charge is 2.40. The third kappa shape index (κ3) is 2.40. The number of halogens is 1. The first-order valence-electron chi connectivity index (χ1n) is 7.27. The van der Waals surface area contributed by atoms with Crippen molar-refractivity contribution in [3.05, 3.63) is 65.0 Å². The van der Waals surface area contributed by atoms with Crippen LogP contribution in [0, 0.1) is 5.82 Å². The molecule has 1 atom stereocenters. The summed E-state index contributed by atoms with van der Waals surface area (Å²) in [5, 5.41) is 13.3. The Kier molecular flexibility index (Phi) is 3.49. The zero-order chi connectivity index (χ0) is 15.9. The van der Waals surface area contributed by atoms with Gasteiger partial charge in [0.15, 0.2) is 0 Å². The standard InChI is InChI=1S/C18H18FNO2/c1-18(2)14-10-12(19)9-13(16(14)20-17(18)22)15(21)8-11-6-4-3-5-7-11/h3-7,9-10,15,21H,8H2,1-2H3,(H,20,22). The normalized spacial score (nSPS) is 17.0. The molecule has 0 bridgehead atoms. The van der Waals surface area contributed by atoms with Crippen LogP contribution in [-0.2, 0) is 16.6 Å². The van der Waals surface area contributed by atoms with Crippen molar-refractivity contribution >= 4 is 11.6 Å². The van der Waals surface area contributed by atoms with E-state index in [4.69, 9.17) is 0 Å². The molecule has 1 aliphatic rings. The van der Waals surface area contributed by atoms with Crippen LogP contribution in [0.4, 0.5) is 10.1 Å². The average molecular weight is 299 g/mol. The van der Waals surface area contributed by atoms with Crippen LogP contribution >= 0.6 is 0 Å². The molecule has 4 heteroatoms. The molecule has 3 rings (SSSR count). The van der Waals surface area contributed by atoms with Crippen LogP contribution in [0.2, 0.25) is 0 Å². The number of carbonyl (C=O) groups excluding carboxylic acids is 1. The minimum absolute atomic E-state index is 0.179. The lowest BCUT2D eigenvalue weighted by atomic mass is 9.84. The fraction of sp³-hybridized carbons (Fsp3) is 0.278. The van der Waals surface area contributed by atoms with Crippen LogP contribution < -0.4 is 5.32 Å². The van der Waals surface area contributed by atoms with E-state index in [1.54, 1.807) is 13.8 Å². The number of fused-ring (bicyclic) bond motifs is 1. The number of rotatable bonds is 3. The first kappa shape index (κ1) is 14.7. The molecule has 2 N–H and O–H groups in total. The van der Waals surface area contributed by atoms with Gasteiger partial charge in [-0.15, -0.1) is 0 Å². The van der Waals surface area contributed by atoms with E-state index in [9.17, 15) is 14.3 Å². The van der Waals surface area contributed by atoms with Crippen LogP contribution in [0.25, 0.3) is 0 Å². The summed E-state index contributed by atoms with van der Waals surface area (Å²) in [7, 11) is 0. The van der Waals surface area contributed by atoms with Gasteiger partial charge in [-0.2, -0.15) is 0 Å². The van der Waals surface area contributed by atoms with Gasteiger partial charge in [0, 0.05) is 12.0 Å². The monoisotopic (exact) mass is 299 g/mol. The molecule has 114 valence electrons. The predicted octanol–water partition coefficient (Wildman–Crippen LogP) is 3.33. The smallest absolute Gasteiger partial charge is 0.234 e. The summed E-state index contributed by atoms with van der Waals surface area (Å²) < 4.78 is 13.9. The lowest BCUT2D eigenvalue weighted by Crippen LogP contribution is -2.26. The van der Waals surface area contributed by atoms with Crippen molar-refractivity contribution in [2.24, 2.45) is 0 Å². The van der Waals surface area contributed by atoms with Gasteiger partial charge in [-0.05, 0) is 37.1 Å². The quantitative estimate of drug-likeness (QED) is 0.913. The van der Waals surface area contributed by atoms with E-state index in [1.165, 1.54) is 12.1 Å². The molecule has 3 nitrogen and oxygen atoms in total. The lowest BCUT2D eigenvalue weighted by molar-refractivity contribution is -0.119. The number of carbonyl (C=O) groups is 1. The van der Waals surface area contributed by atoms with E-state index in [0.717, 1.165) is 5.56 Å². The third-order valence-corrected chi connectivity index (χ3v) is 4.24. The van der Waals surface area contributed by atoms with Gasteiger partial charge in [0.1, 0.15) is 5.82 Å². The van der Waals surface area contributed by atoms with Crippen molar-refractivity contribution in [3.63, 3.8) is 0 Å². The number of hydrogen-bond acceptors (Lipinski definition) is 2. The maximum Gasteiger partial charge on any atom is 0.234 e. The molecule has 0 spiro atoms. The van der Waals surface area contributed by atoms with Gasteiger partial charge in [0.25, 0.3) is 0 Å². The van der Waals surface area contributed by atoms with Gasteiger partial charge in [0.05, 0.1) is 17.2 Å². The Morgan fingerprint density at radius 2 is 1.91 bits per heavy atom. The van der Waals surface area contributed by atoms with Crippen molar-refractivity contribution < 1.29 is 14.3 Å². The van der Waals surface area contributed by atoms with E-state index in [2.05, 4.69) is 5.32 Å². The summed E-state index contributed by atoms with van der Waals surface area (Å²) in [5.41, 5.74) is 1.73. The van der Waals surface area contributed by atoms with E-state index in [1.807, 2.05) is 30.3 Å². The molecular formula is C18H18FNO2. The third-order valence-electron chi connectivity index (χ3n) is 4.24. The Labute approximate surface area is 128 Å². The SMILES string of the molecule is CC1(C)C(=O)Nc2c(C(O)Cc3ccccc3)cc(F)cc21. The summed E-state index contributed by atoms with van der Waals surface area (Å²) in [5.74, 6) is -0.619. The molecule has 0 fully saturated rings. The predicted molar refractivity (Wildman–Crippen MR) is 83.2 cm³/mol. The largest absolute Gasteiger partial charge is 0.388 e. The summed E-state index contributed by atoms with van der Waals surface area (Å²) in [6.07, 6.45) is -0.506. The first-order chi connectivity index (χ1) is 10.4. The Bertz CT molecular complexity index is 725. The van der Waals surface area contributed by atoms with Gasteiger partial charge in [-0.3, -0.25) is 4.79 Å². The second kappa shape index (κ2) is 5.21. The van der Waals surface area contributed by atoms with Crippen molar-refractivity contribution in [2.45, 2.75) is 31.8 Å². The average Bonchev–Trinajstić information content (AvgIpc) is 2.70. The van der Waals surface area contributed by atoms with Crippen molar-refractivity contribution in [1.29, 1.82) is 0 Å². The molecule has 0 saturated heterocycles. The van der Waals surface area contributed by atoms with Gasteiger partial charge in [0.2, 0.25) is 5.91 Å². The van der Waals surface area contributed by atoms with E-state index >= 15 is 0 Å². The minimum atomic E-state index is -0.874. The first-order valence-corrected chi connectivity index (χ1v) is 7.27. The highest BCUT2D eigenvalue weighted by molar-refractivity contribution is 6.06. The van der Waals surface area contributed by atoms with Crippen molar-refractivity contribution in [1.82, 2.24) is 0 Å². The van der Waals surface area contributed by atoms with Gasteiger partial charge in [-0.1, -0.05) is 30.3 Å². The molecule has 0 aromatic heterocycles. The Balaban J connectivity index is 2.00. The number of nitrogens with one attached hydrogen (secondary N) is 1. The summed E-state index contributed by atoms with van der Waals surface area (Å²) in [6, 6.07) is 12.2. The Hall–Kier alpha value is -2.20. The molecule has 1 aliphatic heterocycles. The summed E-state index contributed by atoms with van der Waals surface area (Å²) in [6.45, 7) is 3.50. The summed E-state index contributed by atoms with van der Waals surface area (Å²) >= 11 is 0. The zero-order valence-electron chi connectivity index (χ0n) is 12.6. The number of anilines is 1.